The van der Waals surface area contributed by atoms with Gasteiger partial charge in [-0.2, -0.15) is 0 Å². The summed E-state index contributed by atoms with van der Waals surface area (Å²) in [6.07, 6.45) is 2.09. The molecular formula is C13H18N2O3. The highest BCUT2D eigenvalue weighted by molar-refractivity contribution is 5.96. The highest BCUT2D eigenvalue weighted by Crippen LogP contribution is 2.40. The summed E-state index contributed by atoms with van der Waals surface area (Å²) < 4.78 is 15.9. The number of hydrogen-bond acceptors (Lipinski definition) is 5. The van der Waals surface area contributed by atoms with Gasteiger partial charge in [0.15, 0.2) is 11.5 Å². The van der Waals surface area contributed by atoms with Gasteiger partial charge in [0, 0.05) is 30.8 Å². The number of amidine groups is 1. The molecule has 2 rings (SSSR count). The summed E-state index contributed by atoms with van der Waals surface area (Å²) >= 11 is 0. The molecule has 0 aliphatic carbocycles. The second kappa shape index (κ2) is 5.62. The van der Waals surface area contributed by atoms with Crippen LogP contribution in [0.4, 0.5) is 5.69 Å². The second-order valence-corrected chi connectivity index (χ2v) is 3.97. The van der Waals surface area contributed by atoms with Crippen LogP contribution in [-0.4, -0.2) is 33.7 Å². The number of aliphatic imine (C=N–C) groups is 1. The highest BCUT2D eigenvalue weighted by Gasteiger charge is 2.14. The zero-order valence-corrected chi connectivity index (χ0v) is 10.9. The molecule has 0 amide bonds. The number of nitrogens with one attached hydrogen (secondary N) is 1. The van der Waals surface area contributed by atoms with Crippen molar-refractivity contribution in [3.05, 3.63) is 12.1 Å². The summed E-state index contributed by atoms with van der Waals surface area (Å²) in [7, 11) is 4.80. The summed E-state index contributed by atoms with van der Waals surface area (Å²) in [4.78, 5) is 4.38. The van der Waals surface area contributed by atoms with E-state index in [-0.39, 0.29) is 0 Å². The van der Waals surface area contributed by atoms with E-state index in [9.17, 15) is 0 Å². The lowest BCUT2D eigenvalue weighted by molar-refractivity contribution is 0.324. The Morgan fingerprint density at radius 2 is 1.72 bits per heavy atom. The maximum Gasteiger partial charge on any atom is 0.203 e. The van der Waals surface area contributed by atoms with Gasteiger partial charge in [-0.15, -0.1) is 0 Å². The Balaban J connectivity index is 2.30. The van der Waals surface area contributed by atoms with Crippen LogP contribution in [0.15, 0.2) is 17.1 Å². The van der Waals surface area contributed by atoms with Crippen molar-refractivity contribution in [3.8, 4) is 17.2 Å². The number of anilines is 1. The molecule has 98 valence electrons. The Kier molecular flexibility index (Phi) is 3.92. The highest BCUT2D eigenvalue weighted by atomic mass is 16.5. The molecule has 5 nitrogen and oxygen atoms in total. The zero-order valence-electron chi connectivity index (χ0n) is 10.9. The Morgan fingerprint density at radius 3 is 2.17 bits per heavy atom. The Morgan fingerprint density at radius 1 is 1.06 bits per heavy atom. The number of nitrogens with zero attached hydrogens (tertiary/aromatic N) is 1. The molecule has 0 saturated heterocycles. The molecule has 0 saturated carbocycles. The van der Waals surface area contributed by atoms with Crippen LogP contribution in [0.3, 0.4) is 0 Å². The average Bonchev–Trinajstić information content (AvgIpc) is 2.90. The fraction of sp³-hybridized carbons (Fsp3) is 0.462. The molecule has 1 N–H and O–H groups in total. The maximum atomic E-state index is 5.30. The predicted octanol–water partition coefficient (Wildman–Crippen LogP) is 2.32. The van der Waals surface area contributed by atoms with E-state index in [1.165, 1.54) is 0 Å². The van der Waals surface area contributed by atoms with Crippen LogP contribution in [0.1, 0.15) is 12.8 Å². The molecule has 1 heterocycles. The third kappa shape index (κ3) is 2.50. The first kappa shape index (κ1) is 12.5. The van der Waals surface area contributed by atoms with Gasteiger partial charge in [0.05, 0.1) is 21.3 Å². The molecule has 1 aliphatic heterocycles. The van der Waals surface area contributed by atoms with Crippen LogP contribution < -0.4 is 19.5 Å². The van der Waals surface area contributed by atoms with Gasteiger partial charge in [-0.25, -0.2) is 0 Å². The van der Waals surface area contributed by atoms with Crippen molar-refractivity contribution >= 4 is 11.5 Å². The van der Waals surface area contributed by atoms with E-state index >= 15 is 0 Å². The van der Waals surface area contributed by atoms with E-state index < -0.39 is 0 Å². The minimum atomic E-state index is 0.596. The van der Waals surface area contributed by atoms with E-state index in [2.05, 4.69) is 10.3 Å². The van der Waals surface area contributed by atoms with Crippen molar-refractivity contribution in [3.63, 3.8) is 0 Å². The Labute approximate surface area is 107 Å². The average molecular weight is 250 g/mol. The maximum absolute atomic E-state index is 5.30. The topological polar surface area (TPSA) is 52.1 Å². The van der Waals surface area contributed by atoms with Gasteiger partial charge in [-0.3, -0.25) is 4.99 Å². The summed E-state index contributed by atoms with van der Waals surface area (Å²) in [5.41, 5.74) is 0.894. The molecule has 0 bridgehead atoms. The van der Waals surface area contributed by atoms with Crippen LogP contribution in [0.2, 0.25) is 0 Å². The lowest BCUT2D eigenvalue weighted by Gasteiger charge is -2.15. The first-order chi connectivity index (χ1) is 8.78. The minimum Gasteiger partial charge on any atom is -0.493 e. The number of methoxy groups -OCH3 is 3. The van der Waals surface area contributed by atoms with Gasteiger partial charge in [0.25, 0.3) is 0 Å². The monoisotopic (exact) mass is 250 g/mol. The van der Waals surface area contributed by atoms with Crippen LogP contribution in [0.25, 0.3) is 0 Å². The lowest BCUT2D eigenvalue weighted by atomic mass is 10.2. The first-order valence-electron chi connectivity index (χ1n) is 5.89. The van der Waals surface area contributed by atoms with Crippen molar-refractivity contribution in [2.24, 2.45) is 4.99 Å². The fourth-order valence-electron chi connectivity index (χ4n) is 1.96. The quantitative estimate of drug-likeness (QED) is 0.891. The van der Waals surface area contributed by atoms with Crippen molar-refractivity contribution < 1.29 is 14.2 Å². The largest absolute Gasteiger partial charge is 0.493 e. The third-order valence-electron chi connectivity index (χ3n) is 2.83. The Bertz CT molecular complexity index is 433. The van der Waals surface area contributed by atoms with E-state index in [1.807, 2.05) is 12.1 Å². The molecule has 1 aromatic rings. The first-order valence-corrected chi connectivity index (χ1v) is 5.89. The SMILES string of the molecule is COc1cc(NC2=NCCC2)cc(OC)c1OC. The molecule has 0 aromatic heterocycles. The predicted molar refractivity (Wildman–Crippen MR) is 71.3 cm³/mol. The number of hydrogen-bond donors (Lipinski definition) is 1. The molecule has 0 unspecified atom stereocenters. The standard InChI is InChI=1S/C13H18N2O3/c1-16-10-7-9(15-12-5-4-6-14-12)8-11(17-2)13(10)18-3/h7-8H,4-6H2,1-3H3,(H,14,15). The van der Waals surface area contributed by atoms with Gasteiger partial charge in [-0.05, 0) is 6.42 Å². The molecule has 1 aliphatic rings. The van der Waals surface area contributed by atoms with Crippen LogP contribution in [0, 0.1) is 0 Å². The number of benzene rings is 1. The van der Waals surface area contributed by atoms with Crippen molar-refractivity contribution in [2.75, 3.05) is 33.2 Å². The number of ether oxygens (including phenoxy) is 3. The van der Waals surface area contributed by atoms with Crippen molar-refractivity contribution in [1.29, 1.82) is 0 Å². The van der Waals surface area contributed by atoms with Crippen LogP contribution >= 0.6 is 0 Å². The third-order valence-corrected chi connectivity index (χ3v) is 2.83. The number of rotatable bonds is 4. The normalized spacial score (nSPS) is 14.1. The summed E-state index contributed by atoms with van der Waals surface area (Å²) in [5.74, 6) is 2.87. The van der Waals surface area contributed by atoms with E-state index in [0.717, 1.165) is 30.9 Å². The summed E-state index contributed by atoms with van der Waals surface area (Å²) in [6.45, 7) is 0.896. The smallest absolute Gasteiger partial charge is 0.203 e. The van der Waals surface area contributed by atoms with Crippen molar-refractivity contribution in [1.82, 2.24) is 0 Å². The molecule has 5 heteroatoms. The molecule has 18 heavy (non-hydrogen) atoms. The van der Waals surface area contributed by atoms with E-state index in [4.69, 9.17) is 14.2 Å². The zero-order chi connectivity index (χ0) is 13.0. The molecule has 0 atom stereocenters. The second-order valence-electron chi connectivity index (χ2n) is 3.97. The molecule has 1 aromatic carbocycles. The van der Waals surface area contributed by atoms with Crippen LogP contribution in [0.5, 0.6) is 17.2 Å². The van der Waals surface area contributed by atoms with Crippen LogP contribution in [-0.2, 0) is 0 Å². The molecule has 0 radical (unpaired) electrons. The van der Waals surface area contributed by atoms with Gasteiger partial charge in [-0.1, -0.05) is 0 Å². The van der Waals surface area contributed by atoms with E-state index in [1.54, 1.807) is 21.3 Å². The van der Waals surface area contributed by atoms with E-state index in [0.29, 0.717) is 17.2 Å². The van der Waals surface area contributed by atoms with Gasteiger partial charge < -0.3 is 19.5 Å². The van der Waals surface area contributed by atoms with Gasteiger partial charge >= 0.3 is 0 Å². The van der Waals surface area contributed by atoms with Gasteiger partial charge in [0.1, 0.15) is 5.84 Å². The molecular weight excluding hydrogens is 232 g/mol. The molecule has 0 spiro atoms. The molecule has 0 fully saturated rings. The Hall–Kier alpha value is -1.91. The lowest BCUT2D eigenvalue weighted by Crippen LogP contribution is -2.08. The van der Waals surface area contributed by atoms with Gasteiger partial charge in [0.2, 0.25) is 5.75 Å². The fourth-order valence-corrected chi connectivity index (χ4v) is 1.96. The summed E-state index contributed by atoms with van der Waals surface area (Å²) in [5, 5.41) is 3.28. The minimum absolute atomic E-state index is 0.596. The van der Waals surface area contributed by atoms with Crippen molar-refractivity contribution in [2.45, 2.75) is 12.8 Å². The summed E-state index contributed by atoms with van der Waals surface area (Å²) in [6, 6.07) is 3.75.